The molecule has 0 fully saturated rings. The maximum absolute atomic E-state index is 13.6. The van der Waals surface area contributed by atoms with Crippen LogP contribution >= 0.6 is 0 Å². The van der Waals surface area contributed by atoms with Crippen molar-refractivity contribution in [1.82, 2.24) is 5.32 Å². The molecule has 0 saturated carbocycles. The Labute approximate surface area is 107 Å². The summed E-state index contributed by atoms with van der Waals surface area (Å²) in [5.41, 5.74) is 2.21. The van der Waals surface area contributed by atoms with E-state index in [1.54, 1.807) is 0 Å². The number of nitrogens with one attached hydrogen (secondary N) is 1. The second-order valence-corrected chi connectivity index (χ2v) is 4.07. The van der Waals surface area contributed by atoms with Gasteiger partial charge < -0.3 is 26.4 Å². The molecule has 0 radical (unpaired) electrons. The molecule has 0 bridgehead atoms. The Morgan fingerprint density at radius 2 is 1.74 bits per heavy atom. The molecule has 0 aliphatic rings. The fourth-order valence-corrected chi connectivity index (χ4v) is 1.35. The van der Waals surface area contributed by atoms with E-state index in [1.807, 2.05) is 5.32 Å². The fourth-order valence-electron chi connectivity index (χ4n) is 1.35. The molecule has 19 heavy (non-hydrogen) atoms. The number of aliphatic hydroxyl groups is 3. The average Bonchev–Trinajstić information content (AvgIpc) is 2.40. The lowest BCUT2D eigenvalue weighted by Crippen LogP contribution is -2.57. The minimum Gasteiger partial charge on any atom is -0.396 e. The first-order valence-corrected chi connectivity index (χ1v) is 5.28. The number of carbonyl (C=O) groups excluding carboxylic acids is 1. The van der Waals surface area contributed by atoms with Crippen LogP contribution in [0.3, 0.4) is 0 Å². The van der Waals surface area contributed by atoms with Gasteiger partial charge in [0.25, 0.3) is 5.91 Å². The number of rotatable bonds is 5. The van der Waals surface area contributed by atoms with Crippen molar-refractivity contribution in [1.29, 1.82) is 0 Å². The Hall–Kier alpha value is -1.77. The SMILES string of the molecule is Nc1cc(F)cc(C(=O)NC(CO)(CO)CO)c1F. The third-order valence-corrected chi connectivity index (χ3v) is 2.60. The molecule has 0 saturated heterocycles. The van der Waals surface area contributed by atoms with Gasteiger partial charge >= 0.3 is 0 Å². The topological polar surface area (TPSA) is 116 Å². The van der Waals surface area contributed by atoms with Gasteiger partial charge in [0.05, 0.1) is 31.1 Å². The molecule has 1 amide bonds. The normalized spacial score (nSPS) is 11.4. The molecule has 0 atom stereocenters. The Kier molecular flexibility index (Phi) is 4.76. The number of carbonyl (C=O) groups is 1. The van der Waals surface area contributed by atoms with Gasteiger partial charge in [-0.15, -0.1) is 0 Å². The van der Waals surface area contributed by atoms with Crippen LogP contribution in [-0.2, 0) is 0 Å². The largest absolute Gasteiger partial charge is 0.396 e. The van der Waals surface area contributed by atoms with Crippen LogP contribution in [-0.4, -0.2) is 46.6 Å². The second-order valence-electron chi connectivity index (χ2n) is 4.07. The summed E-state index contributed by atoms with van der Waals surface area (Å²) in [5.74, 6) is -3.14. The predicted octanol–water partition coefficient (Wildman–Crippen LogP) is -1.01. The fraction of sp³-hybridized carbons (Fsp3) is 0.364. The number of halogens is 2. The Morgan fingerprint density at radius 1 is 1.21 bits per heavy atom. The third kappa shape index (κ3) is 3.16. The van der Waals surface area contributed by atoms with Crippen molar-refractivity contribution in [3.05, 3.63) is 29.3 Å². The highest BCUT2D eigenvalue weighted by Crippen LogP contribution is 2.18. The first-order valence-electron chi connectivity index (χ1n) is 5.28. The van der Waals surface area contributed by atoms with Crippen LogP contribution in [0.4, 0.5) is 14.5 Å². The van der Waals surface area contributed by atoms with Crippen LogP contribution in [0.1, 0.15) is 10.4 Å². The van der Waals surface area contributed by atoms with Crippen molar-refractivity contribution in [2.45, 2.75) is 5.54 Å². The number of hydrogen-bond acceptors (Lipinski definition) is 5. The second kappa shape index (κ2) is 5.91. The van der Waals surface area contributed by atoms with Crippen molar-refractivity contribution < 1.29 is 28.9 Å². The van der Waals surface area contributed by atoms with Gasteiger partial charge in [0.1, 0.15) is 11.4 Å². The summed E-state index contributed by atoms with van der Waals surface area (Å²) >= 11 is 0. The minimum absolute atomic E-state index is 0.548. The van der Waals surface area contributed by atoms with Crippen LogP contribution in [0, 0.1) is 11.6 Å². The quantitative estimate of drug-likeness (QED) is 0.442. The van der Waals surface area contributed by atoms with E-state index in [-0.39, 0.29) is 0 Å². The van der Waals surface area contributed by atoms with Crippen LogP contribution in [0.2, 0.25) is 0 Å². The van der Waals surface area contributed by atoms with Crippen LogP contribution in [0.15, 0.2) is 12.1 Å². The number of nitrogens with two attached hydrogens (primary N) is 1. The minimum atomic E-state index is -1.73. The van der Waals surface area contributed by atoms with E-state index in [0.717, 1.165) is 0 Å². The zero-order chi connectivity index (χ0) is 14.6. The lowest BCUT2D eigenvalue weighted by Gasteiger charge is -2.28. The van der Waals surface area contributed by atoms with E-state index >= 15 is 0 Å². The lowest BCUT2D eigenvalue weighted by molar-refractivity contribution is 0.0373. The van der Waals surface area contributed by atoms with Gasteiger partial charge in [0.15, 0.2) is 5.82 Å². The van der Waals surface area contributed by atoms with E-state index in [0.29, 0.717) is 12.1 Å². The molecule has 0 aromatic heterocycles. The zero-order valence-electron chi connectivity index (χ0n) is 9.86. The molecule has 1 aromatic rings. The number of anilines is 1. The van der Waals surface area contributed by atoms with Gasteiger partial charge in [-0.2, -0.15) is 0 Å². The monoisotopic (exact) mass is 276 g/mol. The maximum atomic E-state index is 13.6. The molecule has 0 aliphatic heterocycles. The van der Waals surface area contributed by atoms with Crippen LogP contribution in [0.5, 0.6) is 0 Å². The molecule has 1 rings (SSSR count). The van der Waals surface area contributed by atoms with Crippen molar-refractivity contribution in [3.8, 4) is 0 Å². The molecule has 6 N–H and O–H groups in total. The Bertz CT molecular complexity index is 470. The number of benzene rings is 1. The molecule has 0 heterocycles. The highest BCUT2D eigenvalue weighted by Gasteiger charge is 2.31. The molecule has 6 nitrogen and oxygen atoms in total. The van der Waals surface area contributed by atoms with Crippen molar-refractivity contribution in [2.75, 3.05) is 25.6 Å². The van der Waals surface area contributed by atoms with Crippen molar-refractivity contribution in [3.63, 3.8) is 0 Å². The molecule has 1 aromatic carbocycles. The van der Waals surface area contributed by atoms with Gasteiger partial charge in [0, 0.05) is 0 Å². The summed E-state index contributed by atoms with van der Waals surface area (Å²) in [4.78, 5) is 11.8. The number of nitrogen functional groups attached to an aromatic ring is 1. The highest BCUT2D eigenvalue weighted by atomic mass is 19.1. The zero-order valence-corrected chi connectivity index (χ0v) is 9.86. The van der Waals surface area contributed by atoms with Gasteiger partial charge in [-0.05, 0) is 12.1 Å². The summed E-state index contributed by atoms with van der Waals surface area (Å²) in [6, 6.07) is 1.33. The van der Waals surface area contributed by atoms with Gasteiger partial charge in [-0.25, -0.2) is 8.78 Å². The van der Waals surface area contributed by atoms with Gasteiger partial charge in [-0.1, -0.05) is 0 Å². The number of hydrogen-bond donors (Lipinski definition) is 5. The molecular weight excluding hydrogens is 262 g/mol. The first kappa shape index (κ1) is 15.3. The molecule has 0 spiro atoms. The molecular formula is C11H14F2N2O4. The lowest BCUT2D eigenvalue weighted by atomic mass is 10.0. The number of aliphatic hydroxyl groups excluding tert-OH is 3. The van der Waals surface area contributed by atoms with Gasteiger partial charge in [0.2, 0.25) is 0 Å². The maximum Gasteiger partial charge on any atom is 0.255 e. The van der Waals surface area contributed by atoms with E-state index in [2.05, 4.69) is 0 Å². The smallest absolute Gasteiger partial charge is 0.255 e. The Balaban J connectivity index is 3.08. The summed E-state index contributed by atoms with van der Waals surface area (Å²) in [6.07, 6.45) is 0. The van der Waals surface area contributed by atoms with Crippen LogP contribution < -0.4 is 11.1 Å². The molecule has 106 valence electrons. The summed E-state index contributed by atoms with van der Waals surface area (Å²) in [6.45, 7) is -2.34. The summed E-state index contributed by atoms with van der Waals surface area (Å²) in [7, 11) is 0. The molecule has 0 unspecified atom stereocenters. The van der Waals surface area contributed by atoms with Crippen LogP contribution in [0.25, 0.3) is 0 Å². The predicted molar refractivity (Wildman–Crippen MR) is 62.2 cm³/mol. The standard InChI is InChI=1S/C11H14F2N2O4/c12-6-1-7(9(13)8(14)2-6)10(19)15-11(3-16,4-17)5-18/h1-2,16-18H,3-5,14H2,(H,15,19). The first-order chi connectivity index (χ1) is 8.89. The van der Waals surface area contributed by atoms with E-state index < -0.39 is 54.2 Å². The molecule has 8 heteroatoms. The van der Waals surface area contributed by atoms with Crippen molar-refractivity contribution in [2.24, 2.45) is 0 Å². The number of amides is 1. The van der Waals surface area contributed by atoms with E-state index in [1.165, 1.54) is 0 Å². The van der Waals surface area contributed by atoms with E-state index in [4.69, 9.17) is 21.1 Å². The third-order valence-electron chi connectivity index (χ3n) is 2.60. The summed E-state index contributed by atoms with van der Waals surface area (Å²) in [5, 5.41) is 29.1. The average molecular weight is 276 g/mol. The molecule has 0 aliphatic carbocycles. The van der Waals surface area contributed by atoms with Crippen molar-refractivity contribution >= 4 is 11.6 Å². The van der Waals surface area contributed by atoms with Gasteiger partial charge in [-0.3, -0.25) is 4.79 Å². The highest BCUT2D eigenvalue weighted by molar-refractivity contribution is 5.96. The summed E-state index contributed by atoms with van der Waals surface area (Å²) < 4.78 is 26.7. The Morgan fingerprint density at radius 3 is 2.21 bits per heavy atom. The van der Waals surface area contributed by atoms with E-state index in [9.17, 15) is 13.6 Å².